The summed E-state index contributed by atoms with van der Waals surface area (Å²) in [6.45, 7) is 2.70. The van der Waals surface area contributed by atoms with E-state index in [0.29, 0.717) is 30.7 Å². The molecule has 1 aromatic rings. The Morgan fingerprint density at radius 2 is 1.97 bits per heavy atom. The van der Waals surface area contributed by atoms with Gasteiger partial charge < -0.3 is 39.2 Å². The van der Waals surface area contributed by atoms with E-state index in [1.165, 1.54) is 6.92 Å². The number of ether oxygens (including phenoxy) is 4. The maximum absolute atomic E-state index is 13.0. The molecule has 5 rings (SSSR count). The zero-order valence-electron chi connectivity index (χ0n) is 21.8. The lowest BCUT2D eigenvalue weighted by molar-refractivity contribution is -0.177. The number of carboxylic acids is 1. The Bertz CT molecular complexity index is 1270. The molecule has 210 valence electrons. The van der Waals surface area contributed by atoms with E-state index in [9.17, 15) is 29.4 Å². The average molecular weight is 546 g/mol. The normalized spacial score (nSPS) is 29.7. The molecule has 0 amide bonds. The van der Waals surface area contributed by atoms with Crippen LogP contribution in [0.1, 0.15) is 49.8 Å². The lowest BCUT2D eigenvalue weighted by atomic mass is 9.50. The highest BCUT2D eigenvalue weighted by Gasteiger charge is 2.71. The van der Waals surface area contributed by atoms with Crippen molar-refractivity contribution < 1.29 is 53.4 Å². The van der Waals surface area contributed by atoms with Crippen molar-refractivity contribution in [2.45, 2.75) is 81.5 Å². The second-order valence-electron chi connectivity index (χ2n) is 10.6. The molecule has 2 unspecified atom stereocenters. The molecule has 2 bridgehead atoms. The molecule has 2 aliphatic heterocycles. The Labute approximate surface area is 224 Å². The molecule has 12 heteroatoms. The summed E-state index contributed by atoms with van der Waals surface area (Å²) in [5, 5.41) is 31.3. The predicted molar refractivity (Wildman–Crippen MR) is 130 cm³/mol. The summed E-state index contributed by atoms with van der Waals surface area (Å²) >= 11 is 0. The van der Waals surface area contributed by atoms with Gasteiger partial charge in [-0.2, -0.15) is 0 Å². The van der Waals surface area contributed by atoms with Crippen LogP contribution in [0.4, 0.5) is 0 Å². The van der Waals surface area contributed by atoms with Crippen LogP contribution in [0.15, 0.2) is 24.0 Å². The molecule has 0 radical (unpaired) electrons. The van der Waals surface area contributed by atoms with Gasteiger partial charge in [-0.05, 0) is 45.0 Å². The molecule has 3 N–H and O–H groups in total. The first-order valence-electron chi connectivity index (χ1n) is 12.8. The van der Waals surface area contributed by atoms with Gasteiger partial charge in [0.25, 0.3) is 0 Å². The zero-order chi connectivity index (χ0) is 28.3. The van der Waals surface area contributed by atoms with Gasteiger partial charge in [0, 0.05) is 30.5 Å². The minimum Gasteiger partial charge on any atom is -0.481 e. The molecule has 0 saturated carbocycles. The molecule has 1 aromatic carbocycles. The van der Waals surface area contributed by atoms with Crippen LogP contribution in [0.3, 0.4) is 0 Å². The molecule has 0 aromatic heterocycles. The van der Waals surface area contributed by atoms with Crippen molar-refractivity contribution in [2.24, 2.45) is 0 Å². The second-order valence-corrected chi connectivity index (χ2v) is 10.6. The quantitative estimate of drug-likeness (QED) is 0.303. The van der Waals surface area contributed by atoms with E-state index in [4.69, 9.17) is 19.3 Å². The number of aliphatic carboxylic acids is 1. The number of carbonyl (C=O) groups excluding carboxylic acids is 3. The van der Waals surface area contributed by atoms with Crippen LogP contribution in [0.2, 0.25) is 0 Å². The van der Waals surface area contributed by atoms with E-state index >= 15 is 0 Å². The SMILES string of the molecule is CC(=O)O[C@@H](CC(=O)O[C@@H](C)C(=O)OC1=CC[C@@]2(O)[C@H]3Cc4ccc(CO)c5c4C2(CCN3C)C1O5)C(=O)O. The first-order valence-corrected chi connectivity index (χ1v) is 12.8. The summed E-state index contributed by atoms with van der Waals surface area (Å²) < 4.78 is 21.7. The first-order chi connectivity index (χ1) is 18.4. The number of hydrogen-bond acceptors (Lipinski definition) is 11. The van der Waals surface area contributed by atoms with Crippen LogP contribution < -0.4 is 4.74 Å². The van der Waals surface area contributed by atoms with Gasteiger partial charge >= 0.3 is 23.9 Å². The fraction of sp³-hybridized carbons (Fsp3) is 0.556. The van der Waals surface area contributed by atoms with Crippen LogP contribution in [0, 0.1) is 0 Å². The summed E-state index contributed by atoms with van der Waals surface area (Å²) in [5.41, 5.74) is 0.333. The second kappa shape index (κ2) is 9.61. The Morgan fingerprint density at radius 3 is 2.64 bits per heavy atom. The number of hydrogen-bond donors (Lipinski definition) is 3. The van der Waals surface area contributed by atoms with Gasteiger partial charge in [0.2, 0.25) is 6.10 Å². The van der Waals surface area contributed by atoms with Crippen molar-refractivity contribution in [1.29, 1.82) is 0 Å². The van der Waals surface area contributed by atoms with Gasteiger partial charge in [0.05, 0.1) is 24.0 Å². The van der Waals surface area contributed by atoms with E-state index in [1.807, 2.05) is 13.1 Å². The van der Waals surface area contributed by atoms with Gasteiger partial charge in [0.1, 0.15) is 11.5 Å². The Hall–Kier alpha value is -3.48. The molecule has 2 heterocycles. The monoisotopic (exact) mass is 545 g/mol. The summed E-state index contributed by atoms with van der Waals surface area (Å²) in [7, 11) is 1.97. The predicted octanol–water partition coefficient (Wildman–Crippen LogP) is 0.338. The summed E-state index contributed by atoms with van der Waals surface area (Å²) in [4.78, 5) is 49.7. The fourth-order valence-electron chi connectivity index (χ4n) is 6.66. The molecule has 6 atom stereocenters. The minimum atomic E-state index is -1.75. The molecular weight excluding hydrogens is 514 g/mol. The largest absolute Gasteiger partial charge is 0.481 e. The highest BCUT2D eigenvalue weighted by Crippen LogP contribution is 2.64. The van der Waals surface area contributed by atoms with Crippen LogP contribution in [0.5, 0.6) is 5.75 Å². The maximum Gasteiger partial charge on any atom is 0.352 e. The number of aliphatic hydroxyl groups is 2. The van der Waals surface area contributed by atoms with Gasteiger partial charge in [-0.1, -0.05) is 12.1 Å². The molecule has 1 spiro atoms. The van der Waals surface area contributed by atoms with Gasteiger partial charge in [0.15, 0.2) is 12.2 Å². The van der Waals surface area contributed by atoms with E-state index in [0.717, 1.165) is 18.1 Å². The number of esters is 3. The third-order valence-corrected chi connectivity index (χ3v) is 8.42. The van der Waals surface area contributed by atoms with Crippen molar-refractivity contribution in [1.82, 2.24) is 4.90 Å². The maximum atomic E-state index is 13.0. The first kappa shape index (κ1) is 27.1. The topological polar surface area (TPSA) is 169 Å². The number of benzene rings is 1. The van der Waals surface area contributed by atoms with E-state index < -0.39 is 59.6 Å². The number of piperidine rings is 1. The van der Waals surface area contributed by atoms with Crippen LogP contribution in [-0.4, -0.2) is 87.6 Å². The van der Waals surface area contributed by atoms with Crippen molar-refractivity contribution in [3.8, 4) is 5.75 Å². The van der Waals surface area contributed by atoms with Gasteiger partial charge in [-0.15, -0.1) is 0 Å². The number of carbonyl (C=O) groups is 4. The van der Waals surface area contributed by atoms with Crippen LogP contribution in [0.25, 0.3) is 0 Å². The van der Waals surface area contributed by atoms with Crippen LogP contribution in [-0.2, 0) is 51.8 Å². The lowest BCUT2D eigenvalue weighted by Gasteiger charge is -2.61. The summed E-state index contributed by atoms with van der Waals surface area (Å²) in [6, 6.07) is 3.57. The van der Waals surface area contributed by atoms with E-state index in [-0.39, 0.29) is 24.8 Å². The lowest BCUT2D eigenvalue weighted by Crippen LogP contribution is -2.74. The van der Waals surface area contributed by atoms with Crippen LogP contribution >= 0.6 is 0 Å². The van der Waals surface area contributed by atoms with Crippen molar-refractivity contribution in [3.05, 3.63) is 40.7 Å². The minimum absolute atomic E-state index is 0.173. The molecule has 1 saturated heterocycles. The highest BCUT2D eigenvalue weighted by atomic mass is 16.6. The standard InChI is InChI=1S/C27H31NO11/c1-13(36-20(31)11-18(24(32)33)37-14(2)30)25(34)38-17-6-7-27(35)19-10-15-4-5-16(12-29)22-21(15)26(27,23(17)39-22)8-9-28(19)3/h4-6,13,18-19,23,29,35H,7-12H2,1-3H3,(H,32,33)/t13-,18-,19+,23?,26?,27+/m0/s1. The number of carboxylic acid groups (broad SMARTS) is 1. The van der Waals surface area contributed by atoms with Gasteiger partial charge in [-0.25, -0.2) is 9.59 Å². The molecule has 4 aliphatic rings. The number of nitrogens with zero attached hydrogens (tertiary/aromatic N) is 1. The molecule has 12 nitrogen and oxygen atoms in total. The number of rotatable bonds is 8. The third kappa shape index (κ3) is 4.09. The Kier molecular flexibility index (Phi) is 6.68. The highest BCUT2D eigenvalue weighted by molar-refractivity contribution is 5.85. The van der Waals surface area contributed by atoms with Crippen molar-refractivity contribution in [2.75, 3.05) is 13.6 Å². The van der Waals surface area contributed by atoms with Crippen molar-refractivity contribution >= 4 is 23.9 Å². The number of likely N-dealkylation sites (tertiary alicyclic amines) is 1. The fourth-order valence-corrected chi connectivity index (χ4v) is 6.66. The molecule has 1 fully saturated rings. The Morgan fingerprint density at radius 1 is 1.23 bits per heavy atom. The van der Waals surface area contributed by atoms with Crippen molar-refractivity contribution in [3.63, 3.8) is 0 Å². The smallest absolute Gasteiger partial charge is 0.352 e. The average Bonchev–Trinajstić information content (AvgIpc) is 3.22. The zero-order valence-corrected chi connectivity index (χ0v) is 21.8. The number of likely N-dealkylation sites (N-methyl/N-ethyl adjacent to an activating group) is 1. The van der Waals surface area contributed by atoms with Gasteiger partial charge in [-0.3, -0.25) is 9.59 Å². The molecule has 2 aliphatic carbocycles. The van der Waals surface area contributed by atoms with E-state index in [1.54, 1.807) is 12.1 Å². The number of aliphatic hydroxyl groups excluding tert-OH is 1. The molecular formula is C27H31NO11. The molecule has 39 heavy (non-hydrogen) atoms. The van der Waals surface area contributed by atoms with E-state index in [2.05, 4.69) is 9.64 Å². The third-order valence-electron chi connectivity index (χ3n) is 8.42. The summed E-state index contributed by atoms with van der Waals surface area (Å²) in [6.07, 6.45) is -1.83. The summed E-state index contributed by atoms with van der Waals surface area (Å²) in [5.74, 6) is -3.72. The Balaban J connectivity index is 1.38.